The number of aryl methyl sites for hydroxylation is 4. The van der Waals surface area contributed by atoms with Crippen LogP contribution < -0.4 is 4.72 Å². The average molecular weight is 432 g/mol. The van der Waals surface area contributed by atoms with Crippen LogP contribution in [0.25, 0.3) is 0 Å². The standard InChI is InChI=1S/C20H24F3NO2S2/c1-5-16-6-8-17(9-7-16)27-12-18(20(21,22)23)24-28(25,26)19-14(3)10-13(2)11-15(19)4/h6-11,18,24H,5,12H2,1-4H3. The van der Waals surface area contributed by atoms with Crippen molar-refractivity contribution in [1.82, 2.24) is 4.72 Å². The second kappa shape index (κ2) is 8.88. The van der Waals surface area contributed by atoms with Crippen LogP contribution in [0.3, 0.4) is 0 Å². The van der Waals surface area contributed by atoms with E-state index in [-0.39, 0.29) is 4.90 Å². The third-order valence-electron chi connectivity index (χ3n) is 4.31. The summed E-state index contributed by atoms with van der Waals surface area (Å²) in [6, 6.07) is 8.32. The van der Waals surface area contributed by atoms with Gasteiger partial charge in [-0.05, 0) is 56.0 Å². The van der Waals surface area contributed by atoms with Gasteiger partial charge in [0.1, 0.15) is 6.04 Å². The lowest BCUT2D eigenvalue weighted by atomic mass is 10.1. The van der Waals surface area contributed by atoms with Crippen molar-refractivity contribution in [3.8, 4) is 0 Å². The van der Waals surface area contributed by atoms with Gasteiger partial charge in [0.05, 0.1) is 4.90 Å². The number of nitrogens with one attached hydrogen (secondary N) is 1. The maximum absolute atomic E-state index is 13.5. The molecule has 3 nitrogen and oxygen atoms in total. The lowest BCUT2D eigenvalue weighted by molar-refractivity contribution is -0.145. The van der Waals surface area contributed by atoms with Crippen molar-refractivity contribution in [2.45, 2.75) is 56.1 Å². The van der Waals surface area contributed by atoms with Crippen LogP contribution in [0, 0.1) is 20.8 Å². The zero-order valence-electron chi connectivity index (χ0n) is 16.2. The Morgan fingerprint density at radius 1 is 1.04 bits per heavy atom. The Bertz CT molecular complexity index is 900. The molecule has 0 bridgehead atoms. The summed E-state index contributed by atoms with van der Waals surface area (Å²) in [6.07, 6.45) is -3.86. The molecule has 1 unspecified atom stereocenters. The molecule has 0 heterocycles. The molecule has 0 saturated carbocycles. The quantitative estimate of drug-likeness (QED) is 0.615. The highest BCUT2D eigenvalue weighted by Gasteiger charge is 2.42. The Labute approximate surface area is 168 Å². The molecule has 0 amide bonds. The molecule has 2 rings (SSSR count). The van der Waals surface area contributed by atoms with Gasteiger partial charge in [0.15, 0.2) is 0 Å². The summed E-state index contributed by atoms with van der Waals surface area (Å²) >= 11 is 0.974. The highest BCUT2D eigenvalue weighted by atomic mass is 32.2. The van der Waals surface area contributed by atoms with E-state index in [4.69, 9.17) is 0 Å². The van der Waals surface area contributed by atoms with Gasteiger partial charge in [-0.25, -0.2) is 8.42 Å². The molecule has 0 saturated heterocycles. The third kappa shape index (κ3) is 5.75. The van der Waals surface area contributed by atoms with Gasteiger partial charge < -0.3 is 0 Å². The van der Waals surface area contributed by atoms with E-state index in [1.807, 2.05) is 30.7 Å². The third-order valence-corrected chi connectivity index (χ3v) is 7.20. The number of halogens is 3. The van der Waals surface area contributed by atoms with E-state index in [0.717, 1.165) is 29.3 Å². The molecule has 2 aromatic rings. The number of benzene rings is 2. The molecule has 0 radical (unpaired) electrons. The molecule has 28 heavy (non-hydrogen) atoms. The largest absolute Gasteiger partial charge is 0.405 e. The Balaban J connectivity index is 2.24. The molecule has 8 heteroatoms. The number of hydrogen-bond donors (Lipinski definition) is 1. The number of thioether (sulfide) groups is 1. The molecular formula is C20H24F3NO2S2. The second-order valence-corrected chi connectivity index (χ2v) is 9.50. The summed E-state index contributed by atoms with van der Waals surface area (Å²) < 4.78 is 67.8. The summed E-state index contributed by atoms with van der Waals surface area (Å²) in [7, 11) is -4.32. The predicted molar refractivity (Wildman–Crippen MR) is 107 cm³/mol. The van der Waals surface area contributed by atoms with Gasteiger partial charge in [-0.15, -0.1) is 11.8 Å². The van der Waals surface area contributed by atoms with Crippen LogP contribution >= 0.6 is 11.8 Å². The fraction of sp³-hybridized carbons (Fsp3) is 0.400. The zero-order valence-corrected chi connectivity index (χ0v) is 17.9. The van der Waals surface area contributed by atoms with E-state index in [0.29, 0.717) is 16.0 Å². The normalized spacial score (nSPS) is 13.5. The minimum Gasteiger partial charge on any atom is -0.207 e. The van der Waals surface area contributed by atoms with Crippen molar-refractivity contribution in [3.05, 3.63) is 58.7 Å². The molecule has 0 aliphatic carbocycles. The van der Waals surface area contributed by atoms with Crippen molar-refractivity contribution in [1.29, 1.82) is 0 Å². The lowest BCUT2D eigenvalue weighted by Gasteiger charge is -2.22. The summed E-state index contributed by atoms with van der Waals surface area (Å²) in [4.78, 5) is 0.568. The summed E-state index contributed by atoms with van der Waals surface area (Å²) in [6.45, 7) is 6.97. The number of hydrogen-bond acceptors (Lipinski definition) is 3. The van der Waals surface area contributed by atoms with Crippen LogP contribution in [0.2, 0.25) is 0 Å². The maximum Gasteiger partial charge on any atom is 0.405 e. The van der Waals surface area contributed by atoms with Crippen LogP contribution in [-0.2, 0) is 16.4 Å². The Kier molecular flexibility index (Phi) is 7.22. The van der Waals surface area contributed by atoms with Crippen LogP contribution in [0.4, 0.5) is 13.2 Å². The topological polar surface area (TPSA) is 46.2 Å². The molecule has 0 fully saturated rings. The van der Waals surface area contributed by atoms with Crippen molar-refractivity contribution < 1.29 is 21.6 Å². The lowest BCUT2D eigenvalue weighted by Crippen LogP contribution is -2.47. The number of alkyl halides is 3. The summed E-state index contributed by atoms with van der Waals surface area (Å²) in [5, 5.41) is 0. The number of rotatable bonds is 7. The summed E-state index contributed by atoms with van der Waals surface area (Å²) in [5.41, 5.74) is 2.79. The first-order valence-electron chi connectivity index (χ1n) is 8.82. The van der Waals surface area contributed by atoms with E-state index < -0.39 is 28.0 Å². The SMILES string of the molecule is CCc1ccc(SCC(NS(=O)(=O)c2c(C)cc(C)cc2C)C(F)(F)F)cc1. The molecule has 2 aromatic carbocycles. The highest BCUT2D eigenvalue weighted by Crippen LogP contribution is 2.29. The first-order chi connectivity index (χ1) is 12.9. The van der Waals surface area contributed by atoms with E-state index in [1.54, 1.807) is 38.1 Å². The molecule has 154 valence electrons. The second-order valence-electron chi connectivity index (χ2n) is 6.75. The van der Waals surface area contributed by atoms with E-state index in [2.05, 4.69) is 0 Å². The van der Waals surface area contributed by atoms with Crippen molar-refractivity contribution in [2.75, 3.05) is 5.75 Å². The molecule has 0 spiro atoms. The molecule has 0 aromatic heterocycles. The zero-order chi connectivity index (χ0) is 21.1. The Morgan fingerprint density at radius 3 is 2.04 bits per heavy atom. The van der Waals surface area contributed by atoms with Crippen LogP contribution in [0.15, 0.2) is 46.2 Å². The average Bonchev–Trinajstić information content (AvgIpc) is 2.56. The van der Waals surface area contributed by atoms with Crippen LogP contribution in [0.1, 0.15) is 29.2 Å². The van der Waals surface area contributed by atoms with Crippen molar-refractivity contribution in [3.63, 3.8) is 0 Å². The smallest absolute Gasteiger partial charge is 0.207 e. The molecule has 1 atom stereocenters. The van der Waals surface area contributed by atoms with Gasteiger partial charge in [-0.2, -0.15) is 17.9 Å². The van der Waals surface area contributed by atoms with Crippen LogP contribution in [0.5, 0.6) is 0 Å². The Morgan fingerprint density at radius 2 is 1.57 bits per heavy atom. The molecular weight excluding hydrogens is 407 g/mol. The van der Waals surface area contributed by atoms with Gasteiger partial charge in [-0.3, -0.25) is 0 Å². The fourth-order valence-corrected chi connectivity index (χ4v) is 5.77. The van der Waals surface area contributed by atoms with Crippen molar-refractivity contribution >= 4 is 21.8 Å². The van der Waals surface area contributed by atoms with E-state index >= 15 is 0 Å². The Hall–Kier alpha value is -1.51. The maximum atomic E-state index is 13.5. The molecule has 1 N–H and O–H groups in total. The first kappa shape index (κ1) is 22.8. The molecule has 0 aliphatic rings. The molecule has 0 aliphatic heterocycles. The van der Waals surface area contributed by atoms with Gasteiger partial charge >= 0.3 is 6.18 Å². The number of sulfonamides is 1. The minimum atomic E-state index is -4.70. The minimum absolute atomic E-state index is 0.0929. The predicted octanol–water partition coefficient (Wildman–Crippen LogP) is 5.18. The van der Waals surface area contributed by atoms with Gasteiger partial charge in [0.2, 0.25) is 10.0 Å². The first-order valence-corrected chi connectivity index (χ1v) is 11.3. The summed E-state index contributed by atoms with van der Waals surface area (Å²) in [5.74, 6) is -0.446. The van der Waals surface area contributed by atoms with Gasteiger partial charge in [0.25, 0.3) is 0 Å². The highest BCUT2D eigenvalue weighted by molar-refractivity contribution is 7.99. The monoisotopic (exact) mass is 431 g/mol. The van der Waals surface area contributed by atoms with E-state index in [1.165, 1.54) is 0 Å². The van der Waals surface area contributed by atoms with Gasteiger partial charge in [0, 0.05) is 10.6 Å². The van der Waals surface area contributed by atoms with Crippen LogP contribution in [-0.4, -0.2) is 26.4 Å². The van der Waals surface area contributed by atoms with E-state index in [9.17, 15) is 21.6 Å². The van der Waals surface area contributed by atoms with Crippen molar-refractivity contribution in [2.24, 2.45) is 0 Å². The fourth-order valence-electron chi connectivity index (χ4n) is 3.03. The van der Waals surface area contributed by atoms with Gasteiger partial charge in [-0.1, -0.05) is 36.8 Å².